The summed E-state index contributed by atoms with van der Waals surface area (Å²) in [6.45, 7) is 6.68. The molecule has 0 bridgehead atoms. The second-order valence-electron chi connectivity index (χ2n) is 6.50. The molecule has 1 fully saturated rings. The third kappa shape index (κ3) is 2.54. The smallest absolute Gasteiger partial charge is 0.108 e. The Hall–Kier alpha value is -0.830. The Bertz CT molecular complexity index is 397. The lowest BCUT2D eigenvalue weighted by Crippen LogP contribution is -2.33. The van der Waals surface area contributed by atoms with E-state index in [2.05, 4.69) is 25.8 Å². The standard InChI is InChI=1S/C14H24N2O/c1-11-9-13(2,3)10-14(11,17)6-5-12-15-7-8-16(12)4/h7-8,11,17H,5-6,9-10H2,1-4H3. The summed E-state index contributed by atoms with van der Waals surface area (Å²) < 4.78 is 2.04. The maximum absolute atomic E-state index is 10.7. The van der Waals surface area contributed by atoms with Crippen molar-refractivity contribution in [1.82, 2.24) is 9.55 Å². The van der Waals surface area contributed by atoms with Gasteiger partial charge in [0.15, 0.2) is 0 Å². The Balaban J connectivity index is 2.01. The summed E-state index contributed by atoms with van der Waals surface area (Å²) in [6.07, 6.45) is 7.49. The predicted octanol–water partition coefficient (Wildman–Crippen LogP) is 2.54. The zero-order valence-corrected chi connectivity index (χ0v) is 11.4. The van der Waals surface area contributed by atoms with Crippen LogP contribution < -0.4 is 0 Å². The van der Waals surface area contributed by atoms with Gasteiger partial charge in [-0.3, -0.25) is 0 Å². The minimum atomic E-state index is -0.505. The van der Waals surface area contributed by atoms with Gasteiger partial charge in [-0.05, 0) is 30.6 Å². The van der Waals surface area contributed by atoms with Crippen LogP contribution in [0.5, 0.6) is 0 Å². The van der Waals surface area contributed by atoms with E-state index in [1.807, 2.05) is 24.0 Å². The minimum Gasteiger partial charge on any atom is -0.390 e. The monoisotopic (exact) mass is 236 g/mol. The van der Waals surface area contributed by atoms with Gasteiger partial charge in [-0.2, -0.15) is 0 Å². The van der Waals surface area contributed by atoms with Crippen molar-refractivity contribution in [2.75, 3.05) is 0 Å². The van der Waals surface area contributed by atoms with Gasteiger partial charge in [-0.25, -0.2) is 4.98 Å². The van der Waals surface area contributed by atoms with Gasteiger partial charge >= 0.3 is 0 Å². The molecule has 1 heterocycles. The van der Waals surface area contributed by atoms with Crippen molar-refractivity contribution in [3.05, 3.63) is 18.2 Å². The Morgan fingerprint density at radius 2 is 2.24 bits per heavy atom. The Kier molecular flexibility index (Phi) is 3.06. The fraction of sp³-hybridized carbons (Fsp3) is 0.786. The van der Waals surface area contributed by atoms with E-state index in [1.54, 1.807) is 0 Å². The summed E-state index contributed by atoms with van der Waals surface area (Å²) in [5.41, 5.74) is -0.231. The van der Waals surface area contributed by atoms with Crippen LogP contribution in [0.25, 0.3) is 0 Å². The molecule has 1 aliphatic carbocycles. The fourth-order valence-electron chi connectivity index (χ4n) is 3.39. The molecule has 0 aromatic carbocycles. The number of hydrogen-bond donors (Lipinski definition) is 1. The van der Waals surface area contributed by atoms with Crippen LogP contribution in [0.3, 0.4) is 0 Å². The van der Waals surface area contributed by atoms with Crippen molar-refractivity contribution in [3.63, 3.8) is 0 Å². The Morgan fingerprint density at radius 1 is 1.53 bits per heavy atom. The molecule has 1 saturated carbocycles. The van der Waals surface area contributed by atoms with Crippen molar-refractivity contribution in [3.8, 4) is 0 Å². The number of hydrogen-bond acceptors (Lipinski definition) is 2. The van der Waals surface area contributed by atoms with Gasteiger partial charge in [0.1, 0.15) is 5.82 Å². The molecule has 0 aliphatic heterocycles. The molecular formula is C14H24N2O. The normalized spacial score (nSPS) is 31.9. The van der Waals surface area contributed by atoms with Crippen LogP contribution in [-0.4, -0.2) is 20.3 Å². The van der Waals surface area contributed by atoms with Gasteiger partial charge in [0.25, 0.3) is 0 Å². The zero-order chi connectivity index (χ0) is 12.7. The molecule has 0 amide bonds. The highest BCUT2D eigenvalue weighted by molar-refractivity contribution is 5.01. The van der Waals surface area contributed by atoms with E-state index in [4.69, 9.17) is 0 Å². The van der Waals surface area contributed by atoms with Crippen molar-refractivity contribution in [2.45, 2.75) is 52.1 Å². The van der Waals surface area contributed by atoms with Gasteiger partial charge in [-0.1, -0.05) is 20.8 Å². The Labute approximate surface area is 104 Å². The summed E-state index contributed by atoms with van der Waals surface area (Å²) in [7, 11) is 2.01. The number of aromatic nitrogens is 2. The molecule has 96 valence electrons. The van der Waals surface area contributed by atoms with E-state index in [-0.39, 0.29) is 5.41 Å². The molecule has 3 heteroatoms. The average Bonchev–Trinajstić information content (AvgIpc) is 2.67. The Morgan fingerprint density at radius 3 is 2.71 bits per heavy atom. The lowest BCUT2D eigenvalue weighted by Gasteiger charge is -2.28. The number of aryl methyl sites for hydroxylation is 2. The lowest BCUT2D eigenvalue weighted by molar-refractivity contribution is -0.00426. The number of imidazole rings is 1. The highest BCUT2D eigenvalue weighted by atomic mass is 16.3. The van der Waals surface area contributed by atoms with Crippen molar-refractivity contribution < 1.29 is 5.11 Å². The van der Waals surface area contributed by atoms with Crippen LogP contribution in [0.15, 0.2) is 12.4 Å². The van der Waals surface area contributed by atoms with E-state index in [9.17, 15) is 5.11 Å². The molecule has 0 spiro atoms. The SMILES string of the molecule is CC1CC(C)(C)CC1(O)CCc1nccn1C. The van der Waals surface area contributed by atoms with Crippen LogP contribution in [0.2, 0.25) is 0 Å². The van der Waals surface area contributed by atoms with Crippen LogP contribution in [-0.2, 0) is 13.5 Å². The predicted molar refractivity (Wildman–Crippen MR) is 68.7 cm³/mol. The molecule has 0 radical (unpaired) electrons. The molecule has 1 aromatic heterocycles. The molecule has 1 aliphatic rings. The maximum Gasteiger partial charge on any atom is 0.108 e. The van der Waals surface area contributed by atoms with E-state index in [0.29, 0.717) is 5.92 Å². The summed E-state index contributed by atoms with van der Waals surface area (Å²) in [5.74, 6) is 1.45. The molecule has 17 heavy (non-hydrogen) atoms. The number of aliphatic hydroxyl groups is 1. The second-order valence-corrected chi connectivity index (χ2v) is 6.50. The number of rotatable bonds is 3. The third-order valence-corrected chi connectivity index (χ3v) is 4.26. The van der Waals surface area contributed by atoms with Gasteiger partial charge in [-0.15, -0.1) is 0 Å². The highest BCUT2D eigenvalue weighted by Gasteiger charge is 2.46. The summed E-state index contributed by atoms with van der Waals surface area (Å²) >= 11 is 0. The van der Waals surface area contributed by atoms with Crippen molar-refractivity contribution >= 4 is 0 Å². The second kappa shape index (κ2) is 4.13. The fourth-order valence-corrected chi connectivity index (χ4v) is 3.39. The quantitative estimate of drug-likeness (QED) is 0.875. The van der Waals surface area contributed by atoms with E-state index >= 15 is 0 Å². The highest BCUT2D eigenvalue weighted by Crippen LogP contribution is 2.49. The summed E-state index contributed by atoms with van der Waals surface area (Å²) in [6, 6.07) is 0. The molecule has 1 aromatic rings. The van der Waals surface area contributed by atoms with Gasteiger partial charge in [0.2, 0.25) is 0 Å². The average molecular weight is 236 g/mol. The zero-order valence-electron chi connectivity index (χ0n) is 11.4. The first-order valence-electron chi connectivity index (χ1n) is 6.51. The van der Waals surface area contributed by atoms with Crippen molar-refractivity contribution in [1.29, 1.82) is 0 Å². The van der Waals surface area contributed by atoms with E-state index in [0.717, 1.165) is 31.5 Å². The first-order valence-corrected chi connectivity index (χ1v) is 6.51. The van der Waals surface area contributed by atoms with E-state index in [1.165, 1.54) is 0 Å². The molecule has 0 saturated heterocycles. The molecule has 1 N–H and O–H groups in total. The van der Waals surface area contributed by atoms with Crippen LogP contribution in [0, 0.1) is 11.3 Å². The molecule has 2 atom stereocenters. The topological polar surface area (TPSA) is 38.1 Å². The van der Waals surface area contributed by atoms with Crippen LogP contribution in [0.1, 0.15) is 45.9 Å². The van der Waals surface area contributed by atoms with Crippen LogP contribution >= 0.6 is 0 Å². The maximum atomic E-state index is 10.7. The summed E-state index contributed by atoms with van der Waals surface area (Å²) in [4.78, 5) is 4.32. The largest absolute Gasteiger partial charge is 0.390 e. The molecule has 2 unspecified atom stereocenters. The molecular weight excluding hydrogens is 212 g/mol. The van der Waals surface area contributed by atoms with Crippen molar-refractivity contribution in [2.24, 2.45) is 18.4 Å². The van der Waals surface area contributed by atoms with Gasteiger partial charge < -0.3 is 9.67 Å². The minimum absolute atomic E-state index is 0.274. The molecule has 2 rings (SSSR count). The molecule has 3 nitrogen and oxygen atoms in total. The van der Waals surface area contributed by atoms with Gasteiger partial charge in [0.05, 0.1) is 5.60 Å². The lowest BCUT2D eigenvalue weighted by atomic mass is 9.86. The first kappa shape index (κ1) is 12.6. The van der Waals surface area contributed by atoms with E-state index < -0.39 is 5.60 Å². The van der Waals surface area contributed by atoms with Gasteiger partial charge in [0, 0.05) is 25.9 Å². The van der Waals surface area contributed by atoms with Crippen LogP contribution in [0.4, 0.5) is 0 Å². The first-order chi connectivity index (χ1) is 7.82. The summed E-state index contributed by atoms with van der Waals surface area (Å²) in [5, 5.41) is 10.7. The number of nitrogens with zero attached hydrogens (tertiary/aromatic N) is 2. The third-order valence-electron chi connectivity index (χ3n) is 4.26.